The number of aliphatic carboxylic acids is 1. The highest BCUT2D eigenvalue weighted by atomic mass is 35.5. The number of carbonyl (C=O) groups excluding carboxylic acids is 1. The maximum absolute atomic E-state index is 11.1. The molecule has 0 aromatic heterocycles. The number of allylic oxidation sites excluding steroid dienone is 1. The molecule has 17 heavy (non-hydrogen) atoms. The number of carboxylic acid groups (broad SMARTS) is 1. The van der Waals surface area contributed by atoms with Gasteiger partial charge in [-0.25, -0.2) is 9.59 Å². The molecule has 5 nitrogen and oxygen atoms in total. The lowest BCUT2D eigenvalue weighted by atomic mass is 10.2. The summed E-state index contributed by atoms with van der Waals surface area (Å²) < 4.78 is 4.88. The van der Waals surface area contributed by atoms with E-state index in [1.165, 1.54) is 13.0 Å². The molecule has 0 bridgehead atoms. The molecule has 0 radical (unpaired) electrons. The Bertz CT molecular complexity index is 311. The van der Waals surface area contributed by atoms with Crippen molar-refractivity contribution in [2.24, 2.45) is 0 Å². The molecular weight excluding hydrogens is 246 g/mol. The monoisotopic (exact) mass is 265 g/mol. The molecule has 0 aromatic carbocycles. The van der Waals surface area contributed by atoms with E-state index >= 15 is 0 Å². The number of carbonyl (C=O) groups is 2. The summed E-state index contributed by atoms with van der Waals surface area (Å²) >= 11 is 0. The second-order valence-electron chi connectivity index (χ2n) is 3.09. The van der Waals surface area contributed by atoms with E-state index in [1.54, 1.807) is 19.9 Å². The van der Waals surface area contributed by atoms with Crippen LogP contribution in [0.1, 0.15) is 27.2 Å². The van der Waals surface area contributed by atoms with Gasteiger partial charge in [-0.2, -0.15) is 0 Å². The van der Waals surface area contributed by atoms with Crippen LogP contribution in [0.25, 0.3) is 0 Å². The van der Waals surface area contributed by atoms with E-state index in [-0.39, 0.29) is 36.7 Å². The van der Waals surface area contributed by atoms with Gasteiger partial charge in [-0.15, -0.1) is 12.4 Å². The highest BCUT2D eigenvalue weighted by molar-refractivity contribution is 5.87. The minimum atomic E-state index is -0.953. The van der Waals surface area contributed by atoms with Crippen LogP contribution in [0.2, 0.25) is 0 Å². The van der Waals surface area contributed by atoms with Crippen LogP contribution in [0, 0.1) is 0 Å². The Kier molecular flexibility index (Phi) is 13.8. The second kappa shape index (κ2) is 11.2. The number of hydrogen-bond acceptors (Lipinski definition) is 4. The first-order chi connectivity index (χ1) is 6.99. The molecular formula is C11H20ClNO4. The van der Waals surface area contributed by atoms with Gasteiger partial charge in [0.15, 0.2) is 0 Å². The normalized spacial score (nSPS) is 11.0. The third-order valence-corrected chi connectivity index (χ3v) is 1.89. The summed E-state index contributed by atoms with van der Waals surface area (Å²) in [7, 11) is 0. The van der Waals surface area contributed by atoms with Crippen LogP contribution >= 0.6 is 12.4 Å². The molecule has 0 fully saturated rings. The lowest BCUT2D eigenvalue weighted by Gasteiger charge is -2.02. The average Bonchev–Trinajstić information content (AvgIpc) is 2.22. The van der Waals surface area contributed by atoms with Gasteiger partial charge in [0.2, 0.25) is 0 Å². The van der Waals surface area contributed by atoms with Gasteiger partial charge >= 0.3 is 11.9 Å². The summed E-state index contributed by atoms with van der Waals surface area (Å²) in [5.74, 6) is -1.31. The van der Waals surface area contributed by atoms with Gasteiger partial charge < -0.3 is 16.0 Å². The minimum absolute atomic E-state index is 0. The van der Waals surface area contributed by atoms with Gasteiger partial charge in [0, 0.05) is 17.6 Å². The fraction of sp³-hybridized carbons (Fsp3) is 0.455. The van der Waals surface area contributed by atoms with Gasteiger partial charge in [0.05, 0.1) is 6.61 Å². The first kappa shape index (κ1) is 21.0. The summed E-state index contributed by atoms with van der Waals surface area (Å²) in [6.07, 6.45) is 3.61. The van der Waals surface area contributed by atoms with Gasteiger partial charge in [-0.1, -0.05) is 12.2 Å². The zero-order valence-electron chi connectivity index (χ0n) is 10.4. The van der Waals surface area contributed by atoms with Crippen molar-refractivity contribution < 1.29 is 19.4 Å². The summed E-state index contributed by atoms with van der Waals surface area (Å²) in [6.45, 7) is 5.13. The van der Waals surface area contributed by atoms with Crippen molar-refractivity contribution in [3.05, 3.63) is 23.3 Å². The van der Waals surface area contributed by atoms with Crippen molar-refractivity contribution in [3.63, 3.8) is 0 Å². The highest BCUT2D eigenvalue weighted by Crippen LogP contribution is 1.99. The molecule has 0 saturated carbocycles. The fourth-order valence-electron chi connectivity index (χ4n) is 0.746. The summed E-state index contributed by atoms with van der Waals surface area (Å²) in [5, 5.41) is 8.53. The first-order valence-electron chi connectivity index (χ1n) is 4.69. The molecule has 0 aliphatic rings. The van der Waals surface area contributed by atoms with E-state index in [4.69, 9.17) is 9.84 Å². The van der Waals surface area contributed by atoms with Crippen LogP contribution < -0.4 is 6.15 Å². The number of halogens is 1. The Morgan fingerprint density at radius 2 is 1.76 bits per heavy atom. The molecule has 0 rings (SSSR count). The molecule has 6 heteroatoms. The summed E-state index contributed by atoms with van der Waals surface area (Å²) in [4.78, 5) is 21.5. The third kappa shape index (κ3) is 9.59. The number of rotatable bonds is 5. The van der Waals surface area contributed by atoms with Gasteiger partial charge in [-0.3, -0.25) is 0 Å². The summed E-state index contributed by atoms with van der Waals surface area (Å²) in [5.41, 5.74) is 0.808. The van der Waals surface area contributed by atoms with Gasteiger partial charge in [-0.05, 0) is 20.8 Å². The summed E-state index contributed by atoms with van der Waals surface area (Å²) in [6, 6.07) is 0. The predicted octanol–water partition coefficient (Wildman–Crippen LogP) is 2.50. The Balaban J connectivity index is -0.000000980. The van der Waals surface area contributed by atoms with Crippen LogP contribution in [0.5, 0.6) is 0 Å². The van der Waals surface area contributed by atoms with Crippen LogP contribution in [0.4, 0.5) is 0 Å². The second-order valence-corrected chi connectivity index (χ2v) is 3.09. The van der Waals surface area contributed by atoms with E-state index in [0.29, 0.717) is 12.0 Å². The molecule has 0 heterocycles. The Hall–Kier alpha value is -1.33. The van der Waals surface area contributed by atoms with E-state index in [9.17, 15) is 9.59 Å². The quantitative estimate of drug-likeness (QED) is 0.452. The molecule has 0 aromatic rings. The lowest BCUT2D eigenvalue weighted by Crippen LogP contribution is -2.06. The molecule has 0 unspecified atom stereocenters. The molecule has 4 N–H and O–H groups in total. The average molecular weight is 266 g/mol. The largest absolute Gasteiger partial charge is 0.478 e. The fourth-order valence-corrected chi connectivity index (χ4v) is 0.746. The van der Waals surface area contributed by atoms with Crippen molar-refractivity contribution in [2.45, 2.75) is 27.2 Å². The Labute approximate surface area is 108 Å². The number of hydrogen-bond donors (Lipinski definition) is 2. The van der Waals surface area contributed by atoms with Gasteiger partial charge in [0.25, 0.3) is 0 Å². The van der Waals surface area contributed by atoms with Crippen LogP contribution in [-0.2, 0) is 14.3 Å². The third-order valence-electron chi connectivity index (χ3n) is 1.89. The lowest BCUT2D eigenvalue weighted by molar-refractivity contribution is -0.138. The smallest absolute Gasteiger partial charge is 0.333 e. The SMILES string of the molecule is CC=C(C)C(=O)OCCC=C(C)C(=O)O.Cl.N. The maximum Gasteiger partial charge on any atom is 0.333 e. The van der Waals surface area contributed by atoms with Crippen LogP contribution in [-0.4, -0.2) is 23.7 Å². The topological polar surface area (TPSA) is 98.6 Å². The van der Waals surface area contributed by atoms with Crippen molar-refractivity contribution in [2.75, 3.05) is 6.61 Å². The predicted molar refractivity (Wildman–Crippen MR) is 68.7 cm³/mol. The molecule has 0 spiro atoms. The molecule has 0 saturated heterocycles. The number of esters is 1. The van der Waals surface area contributed by atoms with E-state index in [2.05, 4.69) is 0 Å². The van der Waals surface area contributed by atoms with Crippen LogP contribution in [0.3, 0.4) is 0 Å². The van der Waals surface area contributed by atoms with Crippen molar-refractivity contribution in [3.8, 4) is 0 Å². The Morgan fingerprint density at radius 1 is 1.24 bits per heavy atom. The van der Waals surface area contributed by atoms with Crippen molar-refractivity contribution in [1.82, 2.24) is 6.15 Å². The molecule has 0 aliphatic carbocycles. The molecule has 0 atom stereocenters. The molecule has 0 aliphatic heterocycles. The zero-order valence-corrected chi connectivity index (χ0v) is 11.2. The molecule has 100 valence electrons. The van der Waals surface area contributed by atoms with E-state index in [1.807, 2.05) is 0 Å². The van der Waals surface area contributed by atoms with E-state index < -0.39 is 5.97 Å². The standard InChI is InChI=1S/C11H16O4.ClH.H3N/c1-4-8(2)11(14)15-7-5-6-9(3)10(12)13;;/h4,6H,5,7H2,1-3H3,(H,12,13);1H;1H3. The van der Waals surface area contributed by atoms with Gasteiger partial charge in [0.1, 0.15) is 0 Å². The van der Waals surface area contributed by atoms with Crippen molar-refractivity contribution in [1.29, 1.82) is 0 Å². The number of carboxylic acids is 1. The zero-order chi connectivity index (χ0) is 11.8. The molecule has 0 amide bonds. The van der Waals surface area contributed by atoms with Crippen LogP contribution in [0.15, 0.2) is 23.3 Å². The first-order valence-corrected chi connectivity index (χ1v) is 4.69. The van der Waals surface area contributed by atoms with E-state index in [0.717, 1.165) is 0 Å². The highest BCUT2D eigenvalue weighted by Gasteiger charge is 2.03. The Morgan fingerprint density at radius 3 is 2.18 bits per heavy atom. The minimum Gasteiger partial charge on any atom is -0.478 e. The maximum atomic E-state index is 11.1. The van der Waals surface area contributed by atoms with Crippen molar-refractivity contribution >= 4 is 24.3 Å². The number of ether oxygens (including phenoxy) is 1.